The lowest BCUT2D eigenvalue weighted by molar-refractivity contribution is -0.164. The summed E-state index contributed by atoms with van der Waals surface area (Å²) in [6, 6.07) is 17.3. The lowest BCUT2D eigenvalue weighted by Crippen LogP contribution is -2.74. The van der Waals surface area contributed by atoms with Crippen molar-refractivity contribution in [2.75, 3.05) is 37.6 Å². The average Bonchev–Trinajstić information content (AvgIpc) is 3.51. The Bertz CT molecular complexity index is 2110. The van der Waals surface area contributed by atoms with Crippen molar-refractivity contribution in [2.24, 2.45) is 10.8 Å². The minimum Gasteiger partial charge on any atom is -0.489 e. The first kappa shape index (κ1) is 41.2. The number of fused-ring (bicyclic) bond motifs is 1. The molecule has 1 aliphatic carbocycles. The monoisotopic (exact) mass is 810 g/mol. The lowest BCUT2D eigenvalue weighted by atomic mass is 9.49. The van der Waals surface area contributed by atoms with Crippen LogP contribution < -0.4 is 20.3 Å². The summed E-state index contributed by atoms with van der Waals surface area (Å²) in [5.74, 6) is -0.978. The van der Waals surface area contributed by atoms with Crippen LogP contribution in [0.1, 0.15) is 104 Å². The average molecular weight is 811 g/mol. The van der Waals surface area contributed by atoms with Crippen LogP contribution in [0.15, 0.2) is 54.6 Å². The number of aryl methyl sites for hydroxylation is 1. The predicted molar refractivity (Wildman–Crippen MR) is 219 cm³/mol. The van der Waals surface area contributed by atoms with Crippen LogP contribution in [0.5, 0.6) is 5.75 Å². The normalized spacial score (nSPS) is 22.5. The van der Waals surface area contributed by atoms with Gasteiger partial charge in [-0.25, -0.2) is 4.39 Å². The Morgan fingerprint density at radius 3 is 2.34 bits per heavy atom. The number of nitriles is 1. The molecule has 306 valence electrons. The molecule has 58 heavy (non-hydrogen) atoms. The molecule has 4 amide bonds. The molecular formula is C45H52ClFN6O5. The number of halogens is 2. The van der Waals surface area contributed by atoms with Gasteiger partial charge in [0.05, 0.1) is 16.3 Å². The second-order valence-corrected chi connectivity index (χ2v) is 17.8. The van der Waals surface area contributed by atoms with E-state index in [2.05, 4.69) is 49.3 Å². The van der Waals surface area contributed by atoms with E-state index in [4.69, 9.17) is 16.3 Å². The summed E-state index contributed by atoms with van der Waals surface area (Å²) in [4.78, 5) is 56.5. The molecule has 1 unspecified atom stereocenters. The molecule has 0 aromatic heterocycles. The van der Waals surface area contributed by atoms with Gasteiger partial charge >= 0.3 is 0 Å². The SMILES string of the molecule is CC1(C)[C@H](NC(=O)c2ccc(CCCCCCN3CCN(c4cc5c(cc4F)CN(C4CCC(=O)NC4=O)C5=O)CC3)cc2)C(C)(C)[C@H]1Oc1ccc(C#N)c(Cl)c1. The van der Waals surface area contributed by atoms with Crippen molar-refractivity contribution >= 4 is 40.9 Å². The Kier molecular flexibility index (Phi) is 11.9. The van der Waals surface area contributed by atoms with E-state index < -0.39 is 11.9 Å². The molecule has 0 radical (unpaired) electrons. The summed E-state index contributed by atoms with van der Waals surface area (Å²) in [6.07, 6.45) is 5.59. The van der Waals surface area contributed by atoms with Gasteiger partial charge in [0.15, 0.2) is 0 Å². The number of benzene rings is 3. The summed E-state index contributed by atoms with van der Waals surface area (Å²) < 4.78 is 21.7. The van der Waals surface area contributed by atoms with Gasteiger partial charge in [-0.15, -0.1) is 0 Å². The van der Waals surface area contributed by atoms with Gasteiger partial charge in [-0.05, 0) is 79.8 Å². The molecule has 3 heterocycles. The van der Waals surface area contributed by atoms with Crippen molar-refractivity contribution in [3.8, 4) is 11.8 Å². The minimum absolute atomic E-state index is 0.107. The Labute approximate surface area is 344 Å². The third-order valence-electron chi connectivity index (χ3n) is 12.6. The van der Waals surface area contributed by atoms with Crippen LogP contribution in [0.25, 0.3) is 0 Å². The van der Waals surface area contributed by atoms with Crippen LogP contribution in [-0.4, -0.2) is 84.3 Å². The van der Waals surface area contributed by atoms with E-state index in [1.165, 1.54) is 16.5 Å². The molecule has 1 saturated carbocycles. The maximum Gasteiger partial charge on any atom is 0.255 e. The predicted octanol–water partition coefficient (Wildman–Crippen LogP) is 6.65. The third-order valence-corrected chi connectivity index (χ3v) is 13.0. The molecule has 13 heteroatoms. The van der Waals surface area contributed by atoms with Crippen LogP contribution in [0, 0.1) is 28.0 Å². The molecule has 0 spiro atoms. The number of amides is 4. The second kappa shape index (κ2) is 16.7. The molecule has 1 atom stereocenters. The second-order valence-electron chi connectivity index (χ2n) is 17.4. The van der Waals surface area contributed by atoms with Gasteiger partial charge in [0.25, 0.3) is 11.8 Å². The number of nitrogens with zero attached hydrogens (tertiary/aromatic N) is 4. The standard InChI is InChI=1S/C45H52ClFN6O5/c1-44(2)42(45(3,4)43(44)58-32-15-14-30(26-48)34(46)24-32)50-39(55)29-12-10-28(11-13-29)9-7-5-6-8-18-51-19-21-52(22-20-51)37-25-33-31(23-35(37)47)27-53(41(33)57)36-16-17-38(54)49-40(36)56/h10-15,23-25,36,42-43H,5-9,16-22,27H2,1-4H3,(H,50,55)(H,49,54,56)/t36?,42-,43-. The number of anilines is 1. The van der Waals surface area contributed by atoms with Gasteiger partial charge in [-0.1, -0.05) is 64.3 Å². The number of rotatable bonds is 13. The number of hydrogen-bond acceptors (Lipinski definition) is 8. The molecule has 3 fully saturated rings. The number of unbranched alkanes of at least 4 members (excludes halogenated alkanes) is 3. The van der Waals surface area contributed by atoms with Crippen molar-refractivity contribution < 1.29 is 28.3 Å². The number of nitrogens with one attached hydrogen (secondary N) is 2. The summed E-state index contributed by atoms with van der Waals surface area (Å²) in [7, 11) is 0. The zero-order valence-electron chi connectivity index (χ0n) is 33.7. The van der Waals surface area contributed by atoms with Crippen molar-refractivity contribution in [3.05, 3.63) is 93.3 Å². The largest absolute Gasteiger partial charge is 0.489 e. The molecule has 2 saturated heterocycles. The molecule has 7 rings (SSSR count). The summed E-state index contributed by atoms with van der Waals surface area (Å²) in [5, 5.41) is 15.1. The quantitative estimate of drug-likeness (QED) is 0.145. The number of piperazine rings is 1. The van der Waals surface area contributed by atoms with Crippen molar-refractivity contribution in [3.63, 3.8) is 0 Å². The molecule has 3 aliphatic heterocycles. The van der Waals surface area contributed by atoms with E-state index in [-0.39, 0.29) is 65.9 Å². The van der Waals surface area contributed by atoms with Crippen LogP contribution in [0.3, 0.4) is 0 Å². The maximum absolute atomic E-state index is 15.3. The van der Waals surface area contributed by atoms with Crippen LogP contribution >= 0.6 is 11.6 Å². The van der Waals surface area contributed by atoms with E-state index in [0.717, 1.165) is 51.7 Å². The van der Waals surface area contributed by atoms with E-state index >= 15 is 4.39 Å². The minimum atomic E-state index is -0.723. The zero-order valence-corrected chi connectivity index (χ0v) is 34.5. The van der Waals surface area contributed by atoms with Crippen LogP contribution in [0.4, 0.5) is 10.1 Å². The van der Waals surface area contributed by atoms with Gasteiger partial charge < -0.3 is 19.9 Å². The van der Waals surface area contributed by atoms with Gasteiger partial charge in [-0.2, -0.15) is 5.26 Å². The number of hydrogen-bond donors (Lipinski definition) is 2. The summed E-state index contributed by atoms with van der Waals surface area (Å²) >= 11 is 6.24. The Morgan fingerprint density at radius 1 is 0.966 bits per heavy atom. The van der Waals surface area contributed by atoms with Crippen LogP contribution in [0.2, 0.25) is 5.02 Å². The van der Waals surface area contributed by atoms with E-state index in [1.807, 2.05) is 29.2 Å². The fourth-order valence-electron chi connectivity index (χ4n) is 9.68. The van der Waals surface area contributed by atoms with Crippen molar-refractivity contribution in [1.29, 1.82) is 5.26 Å². The van der Waals surface area contributed by atoms with E-state index in [0.29, 0.717) is 51.8 Å². The number of imide groups is 1. The fraction of sp³-hybridized carbons (Fsp3) is 0.489. The summed E-state index contributed by atoms with van der Waals surface area (Å²) in [5.41, 5.74) is 2.97. The fourth-order valence-corrected chi connectivity index (χ4v) is 9.89. The lowest BCUT2D eigenvalue weighted by Gasteiger charge is -2.63. The molecule has 0 bridgehead atoms. The topological polar surface area (TPSA) is 135 Å². The molecule has 4 aliphatic rings. The van der Waals surface area contributed by atoms with Crippen molar-refractivity contribution in [1.82, 2.24) is 20.4 Å². The van der Waals surface area contributed by atoms with Gasteiger partial charge in [-0.3, -0.25) is 29.4 Å². The molecule has 11 nitrogen and oxygen atoms in total. The Hall–Kier alpha value is -4.99. The highest BCUT2D eigenvalue weighted by atomic mass is 35.5. The maximum atomic E-state index is 15.3. The molecule has 3 aromatic rings. The van der Waals surface area contributed by atoms with Crippen LogP contribution in [-0.2, 0) is 22.6 Å². The Morgan fingerprint density at radius 2 is 1.67 bits per heavy atom. The number of ether oxygens (including phenoxy) is 1. The summed E-state index contributed by atoms with van der Waals surface area (Å²) in [6.45, 7) is 12.5. The first-order chi connectivity index (χ1) is 27.7. The number of carbonyl (C=O) groups excluding carboxylic acids is 4. The highest BCUT2D eigenvalue weighted by Gasteiger charge is 2.64. The Balaban J connectivity index is 0.802. The van der Waals surface area contributed by atoms with Gasteiger partial charge in [0, 0.05) is 73.2 Å². The van der Waals surface area contributed by atoms with Gasteiger partial charge in [0.2, 0.25) is 11.8 Å². The van der Waals surface area contributed by atoms with Gasteiger partial charge in [0.1, 0.15) is 29.8 Å². The van der Waals surface area contributed by atoms with E-state index in [9.17, 15) is 24.4 Å². The third kappa shape index (κ3) is 8.30. The first-order valence-corrected chi connectivity index (χ1v) is 20.8. The van der Waals surface area contributed by atoms with E-state index in [1.54, 1.807) is 24.3 Å². The zero-order chi connectivity index (χ0) is 41.4. The first-order valence-electron chi connectivity index (χ1n) is 20.4. The number of carbonyl (C=O) groups is 4. The molecule has 2 N–H and O–H groups in total. The molecular weight excluding hydrogens is 759 g/mol. The smallest absolute Gasteiger partial charge is 0.255 e. The van der Waals surface area contributed by atoms with Crippen molar-refractivity contribution in [2.45, 2.75) is 97.4 Å². The highest BCUT2D eigenvalue weighted by molar-refractivity contribution is 6.31. The number of piperidine rings is 1. The molecule has 3 aromatic carbocycles. The highest BCUT2D eigenvalue weighted by Crippen LogP contribution is 2.55.